The van der Waals surface area contributed by atoms with E-state index in [4.69, 9.17) is 12.2 Å². The molecule has 0 aliphatic carbocycles. The first-order valence-electron chi connectivity index (χ1n) is 12.9. The summed E-state index contributed by atoms with van der Waals surface area (Å²) in [7, 11) is 0. The molecule has 0 radical (unpaired) electrons. The molecule has 5 rings (SSSR count). The first-order chi connectivity index (χ1) is 18.3. The molecule has 0 unspecified atom stereocenters. The van der Waals surface area contributed by atoms with Crippen LogP contribution in [-0.4, -0.2) is 32.0 Å². The Balaban J connectivity index is 1.46. The fraction of sp³-hybridized carbons (Fsp3) is 0.258. The first kappa shape index (κ1) is 25.7. The Morgan fingerprint density at radius 3 is 2.32 bits per heavy atom. The van der Waals surface area contributed by atoms with Gasteiger partial charge in [0.15, 0.2) is 5.11 Å². The number of benzene rings is 2. The summed E-state index contributed by atoms with van der Waals surface area (Å²) in [6, 6.07) is 24.4. The topological polar surface area (TPSA) is 62.2 Å². The number of thiocarbonyl (C=S) groups is 1. The maximum atomic E-state index is 12.9. The van der Waals surface area contributed by atoms with E-state index in [0.717, 1.165) is 34.0 Å². The quantitative estimate of drug-likeness (QED) is 0.286. The zero-order chi connectivity index (χ0) is 26.8. The number of nitrogens with zero attached hydrogens (tertiary/aromatic N) is 3. The van der Waals surface area contributed by atoms with Gasteiger partial charge in [0.25, 0.3) is 0 Å². The minimum absolute atomic E-state index is 0.0400. The molecule has 3 heterocycles. The summed E-state index contributed by atoms with van der Waals surface area (Å²) in [5, 5.41) is 7.15. The molecular formula is C31H33N5OS. The van der Waals surface area contributed by atoms with E-state index in [-0.39, 0.29) is 18.0 Å². The molecule has 1 fully saturated rings. The van der Waals surface area contributed by atoms with Crippen LogP contribution in [0.5, 0.6) is 0 Å². The molecular weight excluding hydrogens is 490 g/mol. The van der Waals surface area contributed by atoms with E-state index in [1.54, 1.807) is 0 Å². The number of rotatable bonds is 7. The van der Waals surface area contributed by atoms with E-state index >= 15 is 0 Å². The summed E-state index contributed by atoms with van der Waals surface area (Å²) >= 11 is 5.83. The Morgan fingerprint density at radius 1 is 0.974 bits per heavy atom. The third-order valence-electron chi connectivity index (χ3n) is 7.19. The fourth-order valence-corrected chi connectivity index (χ4v) is 5.58. The molecule has 0 bridgehead atoms. The van der Waals surface area contributed by atoms with E-state index < -0.39 is 0 Å². The number of anilines is 1. The molecule has 4 aromatic rings. The van der Waals surface area contributed by atoms with Crippen LogP contribution in [0.15, 0.2) is 79.0 Å². The maximum Gasteiger partial charge on any atom is 0.226 e. The van der Waals surface area contributed by atoms with Crippen molar-refractivity contribution in [2.24, 2.45) is 0 Å². The molecule has 2 aromatic carbocycles. The second-order valence-electron chi connectivity index (χ2n) is 9.98. The molecule has 194 valence electrons. The summed E-state index contributed by atoms with van der Waals surface area (Å²) in [6.07, 6.45) is 2.13. The average molecular weight is 524 g/mol. The standard InChI is InChI=1S/C31H33N5OS/c1-20-8-12-24(13-9-20)33-28(37)16-18-35-30(29(34-31(35)38)27-7-5-6-17-32-27)26-19-22(3)36(23(26)4)25-14-10-21(2)11-15-25/h5-15,17,19,29-30H,16,18H2,1-4H3,(H,33,37)(H,34,38)/t29-,30+/m1/s1. The highest BCUT2D eigenvalue weighted by Gasteiger charge is 2.41. The van der Waals surface area contributed by atoms with Crippen molar-refractivity contribution < 1.29 is 4.79 Å². The first-order valence-corrected chi connectivity index (χ1v) is 13.3. The van der Waals surface area contributed by atoms with Crippen LogP contribution >= 0.6 is 12.2 Å². The lowest BCUT2D eigenvalue weighted by molar-refractivity contribution is -0.116. The SMILES string of the molecule is Cc1ccc(NC(=O)CCN2C(=S)N[C@H](c3ccccn3)[C@@H]2c2cc(C)n(-c3ccc(C)cc3)c2C)cc1. The maximum absolute atomic E-state index is 12.9. The molecule has 2 N–H and O–H groups in total. The van der Waals surface area contributed by atoms with Gasteiger partial charge in [0.1, 0.15) is 0 Å². The fourth-order valence-electron chi connectivity index (χ4n) is 5.25. The second kappa shape index (κ2) is 10.8. The van der Waals surface area contributed by atoms with Gasteiger partial charge in [-0.05, 0) is 87.9 Å². The summed E-state index contributed by atoms with van der Waals surface area (Å²) in [4.78, 5) is 19.7. The van der Waals surface area contributed by atoms with Crippen LogP contribution in [-0.2, 0) is 4.79 Å². The third kappa shape index (κ3) is 5.20. The van der Waals surface area contributed by atoms with Crippen molar-refractivity contribution in [2.45, 2.75) is 46.2 Å². The Morgan fingerprint density at radius 2 is 1.66 bits per heavy atom. The monoisotopic (exact) mass is 523 g/mol. The zero-order valence-electron chi connectivity index (χ0n) is 22.2. The van der Waals surface area contributed by atoms with E-state index in [9.17, 15) is 4.79 Å². The molecule has 2 atom stereocenters. The highest BCUT2D eigenvalue weighted by molar-refractivity contribution is 7.80. The highest BCUT2D eigenvalue weighted by atomic mass is 32.1. The number of amides is 1. The van der Waals surface area contributed by atoms with Crippen LogP contribution in [0.1, 0.15) is 52.3 Å². The van der Waals surface area contributed by atoms with Crippen molar-refractivity contribution >= 4 is 28.9 Å². The molecule has 38 heavy (non-hydrogen) atoms. The van der Waals surface area contributed by atoms with E-state index in [2.05, 4.69) is 76.2 Å². The van der Waals surface area contributed by atoms with E-state index in [1.165, 1.54) is 11.1 Å². The van der Waals surface area contributed by atoms with Crippen molar-refractivity contribution in [2.75, 3.05) is 11.9 Å². The van der Waals surface area contributed by atoms with E-state index in [0.29, 0.717) is 18.1 Å². The van der Waals surface area contributed by atoms with Gasteiger partial charge in [0, 0.05) is 41.9 Å². The van der Waals surface area contributed by atoms with Gasteiger partial charge in [0.2, 0.25) is 5.91 Å². The lowest BCUT2D eigenvalue weighted by Gasteiger charge is -2.28. The summed E-state index contributed by atoms with van der Waals surface area (Å²) in [5.41, 5.74) is 8.71. The number of hydrogen-bond donors (Lipinski definition) is 2. The van der Waals surface area contributed by atoms with Crippen LogP contribution in [0.4, 0.5) is 5.69 Å². The molecule has 2 aromatic heterocycles. The lowest BCUT2D eigenvalue weighted by atomic mass is 9.96. The van der Waals surface area contributed by atoms with Crippen LogP contribution < -0.4 is 10.6 Å². The molecule has 1 saturated heterocycles. The normalized spacial score (nSPS) is 16.9. The van der Waals surface area contributed by atoms with Crippen LogP contribution in [0.2, 0.25) is 0 Å². The number of aryl methyl sites for hydroxylation is 3. The third-order valence-corrected chi connectivity index (χ3v) is 7.55. The van der Waals surface area contributed by atoms with Crippen LogP contribution in [0.3, 0.4) is 0 Å². The minimum atomic E-state index is -0.129. The smallest absolute Gasteiger partial charge is 0.226 e. The second-order valence-corrected chi connectivity index (χ2v) is 10.4. The van der Waals surface area contributed by atoms with Gasteiger partial charge < -0.3 is 20.1 Å². The number of aromatic nitrogens is 2. The Hall–Kier alpha value is -3.97. The van der Waals surface area contributed by atoms with Gasteiger partial charge >= 0.3 is 0 Å². The van der Waals surface area contributed by atoms with Gasteiger partial charge in [-0.3, -0.25) is 9.78 Å². The van der Waals surface area contributed by atoms with Crippen molar-refractivity contribution in [3.63, 3.8) is 0 Å². The summed E-state index contributed by atoms with van der Waals surface area (Å²) in [6.45, 7) is 8.90. The predicted molar refractivity (Wildman–Crippen MR) is 157 cm³/mol. The zero-order valence-corrected chi connectivity index (χ0v) is 23.0. The number of nitrogens with one attached hydrogen (secondary N) is 2. The van der Waals surface area contributed by atoms with Crippen molar-refractivity contribution in [3.8, 4) is 5.69 Å². The molecule has 6 nitrogen and oxygen atoms in total. The highest BCUT2D eigenvalue weighted by Crippen LogP contribution is 2.41. The van der Waals surface area contributed by atoms with Gasteiger partial charge in [-0.25, -0.2) is 0 Å². The Labute approximate surface area is 229 Å². The molecule has 7 heteroatoms. The summed E-state index contributed by atoms with van der Waals surface area (Å²) < 4.78 is 2.29. The number of pyridine rings is 1. The van der Waals surface area contributed by atoms with Gasteiger partial charge in [0.05, 0.1) is 17.8 Å². The number of carbonyl (C=O) groups excluding carboxylic acids is 1. The number of carbonyl (C=O) groups is 1. The van der Waals surface area contributed by atoms with E-state index in [1.807, 2.05) is 55.6 Å². The van der Waals surface area contributed by atoms with Crippen molar-refractivity contribution in [3.05, 3.63) is 113 Å². The lowest BCUT2D eigenvalue weighted by Crippen LogP contribution is -2.32. The van der Waals surface area contributed by atoms with Gasteiger partial charge in [-0.2, -0.15) is 0 Å². The van der Waals surface area contributed by atoms with Crippen LogP contribution in [0.25, 0.3) is 5.69 Å². The van der Waals surface area contributed by atoms with Gasteiger partial charge in [-0.15, -0.1) is 0 Å². The summed E-state index contributed by atoms with van der Waals surface area (Å²) in [5.74, 6) is -0.0400. The largest absolute Gasteiger partial charge is 0.352 e. The van der Waals surface area contributed by atoms with Crippen molar-refractivity contribution in [1.29, 1.82) is 0 Å². The Kier molecular flexibility index (Phi) is 7.29. The van der Waals surface area contributed by atoms with Crippen molar-refractivity contribution in [1.82, 2.24) is 19.8 Å². The molecule has 0 spiro atoms. The number of hydrogen-bond acceptors (Lipinski definition) is 3. The minimum Gasteiger partial charge on any atom is -0.352 e. The molecule has 1 aliphatic heterocycles. The predicted octanol–water partition coefficient (Wildman–Crippen LogP) is 6.11. The molecule has 0 saturated carbocycles. The molecule has 1 aliphatic rings. The average Bonchev–Trinajstić information content (AvgIpc) is 3.39. The molecule has 1 amide bonds. The van der Waals surface area contributed by atoms with Crippen LogP contribution in [0, 0.1) is 27.7 Å². The Bertz CT molecular complexity index is 1440. The van der Waals surface area contributed by atoms with Gasteiger partial charge in [-0.1, -0.05) is 41.5 Å².